The molecule has 1 aromatic carbocycles. The highest BCUT2D eigenvalue weighted by molar-refractivity contribution is 7.99. The molecule has 1 N–H and O–H groups in total. The number of hydrogen-bond donors (Lipinski definition) is 1. The van der Waals surface area contributed by atoms with Gasteiger partial charge in [0.1, 0.15) is 5.52 Å². The van der Waals surface area contributed by atoms with Crippen molar-refractivity contribution in [1.29, 1.82) is 0 Å². The Kier molecular flexibility index (Phi) is 4.57. The first-order valence-corrected chi connectivity index (χ1v) is 8.06. The van der Waals surface area contributed by atoms with E-state index in [-0.39, 0.29) is 11.7 Å². The minimum atomic E-state index is -0.478. The summed E-state index contributed by atoms with van der Waals surface area (Å²) in [7, 11) is 0. The number of ether oxygens (including phenoxy) is 1. The number of H-pyrrole nitrogens is 1. The molecule has 0 aliphatic carbocycles. The first-order valence-electron chi connectivity index (χ1n) is 7.24. The molecular weight excluding hydrogens is 312 g/mol. The molecule has 0 spiro atoms. The van der Waals surface area contributed by atoms with E-state index in [1.54, 1.807) is 6.20 Å². The lowest BCUT2D eigenvalue weighted by atomic mass is 10.2. The molecule has 0 amide bonds. The van der Waals surface area contributed by atoms with Crippen molar-refractivity contribution < 1.29 is 9.53 Å². The Morgan fingerprint density at radius 1 is 1.26 bits per heavy atom. The molecule has 6 nitrogen and oxygen atoms in total. The average Bonchev–Trinajstić information content (AvgIpc) is 2.97. The standard InChI is InChI=1S/C16H16N4O2S/c1-10(2)9-22-15(21)14-18-12-8-17-16(20-13(12)19-14)23-11-6-4-3-5-7-11/h3-8,10H,9H2,1-2H3,(H,17,18,19,20). The van der Waals surface area contributed by atoms with Gasteiger partial charge in [0, 0.05) is 4.90 Å². The molecule has 3 rings (SSSR count). The van der Waals surface area contributed by atoms with Crippen LogP contribution >= 0.6 is 11.8 Å². The third-order valence-corrected chi connectivity index (χ3v) is 3.80. The summed E-state index contributed by atoms with van der Waals surface area (Å²) < 4.78 is 5.16. The van der Waals surface area contributed by atoms with Crippen LogP contribution in [0.5, 0.6) is 0 Å². The van der Waals surface area contributed by atoms with Gasteiger partial charge in [0.15, 0.2) is 10.8 Å². The Hall–Kier alpha value is -2.41. The van der Waals surface area contributed by atoms with Gasteiger partial charge in [-0.3, -0.25) is 0 Å². The van der Waals surface area contributed by atoms with Crippen LogP contribution in [0.15, 0.2) is 46.6 Å². The molecule has 0 atom stereocenters. The zero-order chi connectivity index (χ0) is 16.2. The molecule has 0 aliphatic rings. The van der Waals surface area contributed by atoms with Crippen LogP contribution in [0.4, 0.5) is 0 Å². The van der Waals surface area contributed by atoms with E-state index in [9.17, 15) is 4.79 Å². The van der Waals surface area contributed by atoms with Crippen LogP contribution < -0.4 is 0 Å². The number of fused-ring (bicyclic) bond motifs is 1. The van der Waals surface area contributed by atoms with Crippen LogP contribution in [0.3, 0.4) is 0 Å². The number of rotatable bonds is 5. The minimum absolute atomic E-state index is 0.150. The molecule has 7 heteroatoms. The number of carbonyl (C=O) groups is 1. The summed E-state index contributed by atoms with van der Waals surface area (Å²) in [5.41, 5.74) is 1.06. The van der Waals surface area contributed by atoms with E-state index >= 15 is 0 Å². The van der Waals surface area contributed by atoms with Gasteiger partial charge in [0.25, 0.3) is 0 Å². The van der Waals surface area contributed by atoms with E-state index in [1.807, 2.05) is 44.2 Å². The van der Waals surface area contributed by atoms with Gasteiger partial charge in [-0.25, -0.2) is 19.7 Å². The molecule has 2 aromatic heterocycles. The van der Waals surface area contributed by atoms with E-state index < -0.39 is 5.97 Å². The molecule has 118 valence electrons. The maximum absolute atomic E-state index is 11.9. The molecule has 0 fully saturated rings. The third kappa shape index (κ3) is 3.87. The van der Waals surface area contributed by atoms with Crippen LogP contribution in [-0.4, -0.2) is 32.5 Å². The molecule has 0 unspecified atom stereocenters. The maximum atomic E-state index is 11.9. The Morgan fingerprint density at radius 3 is 2.78 bits per heavy atom. The lowest BCUT2D eigenvalue weighted by molar-refractivity contribution is 0.0446. The molecule has 0 radical (unpaired) electrons. The SMILES string of the molecule is CC(C)COC(=O)c1nc2nc(Sc3ccccc3)ncc2[nH]1. The van der Waals surface area contributed by atoms with Crippen LogP contribution in [0.2, 0.25) is 0 Å². The molecule has 23 heavy (non-hydrogen) atoms. The lowest BCUT2D eigenvalue weighted by Crippen LogP contribution is -2.11. The number of nitrogens with zero attached hydrogens (tertiary/aromatic N) is 3. The van der Waals surface area contributed by atoms with Crippen molar-refractivity contribution in [1.82, 2.24) is 19.9 Å². The van der Waals surface area contributed by atoms with Gasteiger partial charge in [-0.15, -0.1) is 0 Å². The van der Waals surface area contributed by atoms with Crippen molar-refractivity contribution in [3.05, 3.63) is 42.4 Å². The number of aromatic amines is 1. The topological polar surface area (TPSA) is 80.8 Å². The van der Waals surface area contributed by atoms with Crippen LogP contribution in [0.25, 0.3) is 11.2 Å². The third-order valence-electron chi connectivity index (χ3n) is 2.91. The molecular formula is C16H16N4O2S. The summed E-state index contributed by atoms with van der Waals surface area (Å²) >= 11 is 1.44. The first-order chi connectivity index (χ1) is 11.1. The van der Waals surface area contributed by atoms with Crippen molar-refractivity contribution in [3.63, 3.8) is 0 Å². The summed E-state index contributed by atoms with van der Waals surface area (Å²) in [4.78, 5) is 28.7. The molecule has 0 saturated heterocycles. The maximum Gasteiger partial charge on any atom is 0.374 e. The molecule has 0 aliphatic heterocycles. The zero-order valence-electron chi connectivity index (χ0n) is 12.8. The summed E-state index contributed by atoms with van der Waals surface area (Å²) in [5.74, 6) is -0.0530. The molecule has 2 heterocycles. The van der Waals surface area contributed by atoms with Gasteiger partial charge in [-0.05, 0) is 29.8 Å². The fraction of sp³-hybridized carbons (Fsp3) is 0.250. The fourth-order valence-electron chi connectivity index (χ4n) is 1.84. The van der Waals surface area contributed by atoms with Crippen LogP contribution in [0, 0.1) is 5.92 Å². The molecule has 0 saturated carbocycles. The summed E-state index contributed by atoms with van der Waals surface area (Å²) in [5, 5.41) is 0.581. The van der Waals surface area contributed by atoms with Gasteiger partial charge >= 0.3 is 5.97 Å². The zero-order valence-corrected chi connectivity index (χ0v) is 13.6. The van der Waals surface area contributed by atoms with Crippen LogP contribution in [0.1, 0.15) is 24.5 Å². The van der Waals surface area contributed by atoms with Gasteiger partial charge < -0.3 is 9.72 Å². The van der Waals surface area contributed by atoms with E-state index in [0.29, 0.717) is 22.9 Å². The predicted octanol–water partition coefficient (Wildman–Crippen LogP) is 3.32. The van der Waals surface area contributed by atoms with Crippen molar-refractivity contribution >= 4 is 28.9 Å². The Bertz CT molecular complexity index is 817. The fourth-order valence-corrected chi connectivity index (χ4v) is 2.58. The molecule has 3 aromatic rings. The van der Waals surface area contributed by atoms with Crippen LogP contribution in [-0.2, 0) is 4.74 Å². The van der Waals surface area contributed by atoms with Crippen molar-refractivity contribution in [3.8, 4) is 0 Å². The van der Waals surface area contributed by atoms with E-state index in [2.05, 4.69) is 19.9 Å². The number of imidazole rings is 1. The Morgan fingerprint density at radius 2 is 2.04 bits per heavy atom. The van der Waals surface area contributed by atoms with Gasteiger partial charge in [0.05, 0.1) is 12.8 Å². The normalized spacial score (nSPS) is 11.1. The second-order valence-electron chi connectivity index (χ2n) is 5.38. The largest absolute Gasteiger partial charge is 0.460 e. The number of esters is 1. The number of hydrogen-bond acceptors (Lipinski definition) is 6. The summed E-state index contributed by atoms with van der Waals surface area (Å²) in [6.07, 6.45) is 1.62. The predicted molar refractivity (Wildman–Crippen MR) is 87.4 cm³/mol. The van der Waals surface area contributed by atoms with Gasteiger partial charge in [-0.2, -0.15) is 0 Å². The van der Waals surface area contributed by atoms with E-state index in [1.165, 1.54) is 11.8 Å². The number of carbonyl (C=O) groups excluding carboxylic acids is 1. The van der Waals surface area contributed by atoms with E-state index in [4.69, 9.17) is 4.74 Å². The second kappa shape index (κ2) is 6.78. The van der Waals surface area contributed by atoms with Crippen molar-refractivity contribution in [2.45, 2.75) is 23.9 Å². The summed E-state index contributed by atoms with van der Waals surface area (Å²) in [6.45, 7) is 4.31. The van der Waals surface area contributed by atoms with Gasteiger partial charge in [0.2, 0.25) is 5.82 Å². The Labute approximate surface area is 137 Å². The quantitative estimate of drug-likeness (QED) is 0.571. The average molecular weight is 328 g/mol. The van der Waals surface area contributed by atoms with Crippen molar-refractivity contribution in [2.75, 3.05) is 6.61 Å². The smallest absolute Gasteiger partial charge is 0.374 e. The second-order valence-corrected chi connectivity index (χ2v) is 6.42. The summed E-state index contributed by atoms with van der Waals surface area (Å²) in [6, 6.07) is 9.84. The monoisotopic (exact) mass is 328 g/mol. The number of benzene rings is 1. The highest BCUT2D eigenvalue weighted by atomic mass is 32.2. The van der Waals surface area contributed by atoms with Crippen molar-refractivity contribution in [2.24, 2.45) is 5.92 Å². The first kappa shape index (κ1) is 15.5. The number of nitrogens with one attached hydrogen (secondary N) is 1. The van der Waals surface area contributed by atoms with E-state index in [0.717, 1.165) is 4.90 Å². The highest BCUT2D eigenvalue weighted by Crippen LogP contribution is 2.24. The lowest BCUT2D eigenvalue weighted by Gasteiger charge is -2.04. The minimum Gasteiger partial charge on any atom is -0.460 e. The highest BCUT2D eigenvalue weighted by Gasteiger charge is 2.15. The Balaban J connectivity index is 1.79. The number of aromatic nitrogens is 4. The van der Waals surface area contributed by atoms with Gasteiger partial charge in [-0.1, -0.05) is 32.0 Å². The molecule has 0 bridgehead atoms.